The highest BCUT2D eigenvalue weighted by atomic mass is 35.5. The van der Waals surface area contributed by atoms with E-state index in [0.29, 0.717) is 0 Å². The number of hydrogen-bond donors (Lipinski definition) is 1. The van der Waals surface area contributed by atoms with Crippen molar-refractivity contribution in [1.82, 2.24) is 10.2 Å². The number of aryl methyl sites for hydroxylation is 1. The summed E-state index contributed by atoms with van der Waals surface area (Å²) in [6.45, 7) is 10.5. The lowest BCUT2D eigenvalue weighted by Gasteiger charge is -2.27. The molecule has 144 valence electrons. The number of nitrogens with one attached hydrogen (secondary N) is 1. The van der Waals surface area contributed by atoms with Gasteiger partial charge in [-0.3, -0.25) is 4.90 Å². The Morgan fingerprint density at radius 3 is 2.27 bits per heavy atom. The van der Waals surface area contributed by atoms with Crippen molar-refractivity contribution in [3.05, 3.63) is 64.7 Å². The van der Waals surface area contributed by atoms with Crippen LogP contribution in [0.4, 0.5) is 0 Å². The van der Waals surface area contributed by atoms with Gasteiger partial charge in [-0.05, 0) is 42.2 Å². The lowest BCUT2D eigenvalue weighted by molar-refractivity contribution is 0.233. The van der Waals surface area contributed by atoms with Crippen molar-refractivity contribution < 1.29 is 4.74 Å². The van der Waals surface area contributed by atoms with E-state index >= 15 is 0 Å². The molecule has 2 aromatic rings. The molecule has 1 fully saturated rings. The van der Waals surface area contributed by atoms with E-state index < -0.39 is 0 Å². The number of nitrogens with zero attached hydrogens (tertiary/aromatic N) is 1. The first-order valence-electron chi connectivity index (χ1n) is 8.92. The molecule has 3 nitrogen and oxygen atoms in total. The molecule has 0 radical (unpaired) electrons. The highest BCUT2D eigenvalue weighted by molar-refractivity contribution is 5.85. The maximum absolute atomic E-state index is 5.96. The molecule has 2 aromatic carbocycles. The number of piperazine rings is 1. The predicted octanol–water partition coefficient (Wildman–Crippen LogP) is 4.17. The third-order valence-electron chi connectivity index (χ3n) is 4.84. The first kappa shape index (κ1) is 22.8. The van der Waals surface area contributed by atoms with Gasteiger partial charge in [-0.1, -0.05) is 36.4 Å². The zero-order chi connectivity index (χ0) is 16.8. The van der Waals surface area contributed by atoms with Crippen molar-refractivity contribution >= 4 is 24.8 Å². The predicted molar refractivity (Wildman–Crippen MR) is 114 cm³/mol. The van der Waals surface area contributed by atoms with Crippen LogP contribution in [0.15, 0.2) is 42.5 Å². The van der Waals surface area contributed by atoms with Gasteiger partial charge in [0.15, 0.2) is 0 Å². The van der Waals surface area contributed by atoms with Crippen LogP contribution in [0.3, 0.4) is 0 Å². The number of halogens is 2. The van der Waals surface area contributed by atoms with Gasteiger partial charge in [0.2, 0.25) is 0 Å². The summed E-state index contributed by atoms with van der Waals surface area (Å²) in [7, 11) is 0. The Kier molecular flexibility index (Phi) is 10.0. The topological polar surface area (TPSA) is 24.5 Å². The molecule has 0 aromatic heterocycles. The van der Waals surface area contributed by atoms with Gasteiger partial charge in [-0.2, -0.15) is 0 Å². The molecular weight excluding hydrogens is 367 g/mol. The molecule has 1 heterocycles. The van der Waals surface area contributed by atoms with E-state index in [1.807, 2.05) is 0 Å². The van der Waals surface area contributed by atoms with E-state index in [9.17, 15) is 0 Å². The van der Waals surface area contributed by atoms with Crippen LogP contribution in [0.2, 0.25) is 0 Å². The van der Waals surface area contributed by atoms with E-state index in [0.717, 1.165) is 51.5 Å². The lowest BCUT2D eigenvalue weighted by atomic mass is 10.1. The van der Waals surface area contributed by atoms with Crippen molar-refractivity contribution in [3.63, 3.8) is 0 Å². The van der Waals surface area contributed by atoms with Crippen LogP contribution in [0.5, 0.6) is 5.75 Å². The molecule has 0 saturated carbocycles. The summed E-state index contributed by atoms with van der Waals surface area (Å²) in [6.07, 6.45) is 0.946. The summed E-state index contributed by atoms with van der Waals surface area (Å²) in [4.78, 5) is 2.51. The lowest BCUT2D eigenvalue weighted by Crippen LogP contribution is -2.42. The summed E-state index contributed by atoms with van der Waals surface area (Å²) in [6, 6.07) is 15.2. The van der Waals surface area contributed by atoms with Crippen LogP contribution in [-0.4, -0.2) is 37.7 Å². The van der Waals surface area contributed by atoms with Crippen LogP contribution in [0.1, 0.15) is 22.3 Å². The van der Waals surface area contributed by atoms with E-state index in [2.05, 4.69) is 66.5 Å². The van der Waals surface area contributed by atoms with Gasteiger partial charge in [0.1, 0.15) is 5.75 Å². The minimum Gasteiger partial charge on any atom is -0.493 e. The molecule has 1 saturated heterocycles. The second-order valence-corrected chi connectivity index (χ2v) is 6.64. The minimum atomic E-state index is 0. The van der Waals surface area contributed by atoms with Crippen LogP contribution < -0.4 is 10.1 Å². The highest BCUT2D eigenvalue weighted by Gasteiger charge is 2.09. The van der Waals surface area contributed by atoms with Crippen LogP contribution >= 0.6 is 24.8 Å². The largest absolute Gasteiger partial charge is 0.493 e. The normalized spacial score (nSPS) is 14.2. The maximum Gasteiger partial charge on any atom is 0.122 e. The minimum absolute atomic E-state index is 0. The molecule has 1 N–H and O–H groups in total. The van der Waals surface area contributed by atoms with Gasteiger partial charge in [-0.25, -0.2) is 0 Å². The number of benzene rings is 2. The Morgan fingerprint density at radius 2 is 1.58 bits per heavy atom. The van der Waals surface area contributed by atoms with Gasteiger partial charge in [0.25, 0.3) is 0 Å². The van der Waals surface area contributed by atoms with Gasteiger partial charge < -0.3 is 10.1 Å². The van der Waals surface area contributed by atoms with Gasteiger partial charge in [0.05, 0.1) is 6.61 Å². The first-order valence-corrected chi connectivity index (χ1v) is 8.92. The standard InChI is InChI=1S/C21H28N2O.2ClH/c1-17-4-3-5-21(18(17)2)24-15-10-19-6-8-20(9-7-19)16-23-13-11-22-12-14-23;;/h3-9,22H,10-16H2,1-2H3;2*1H. The summed E-state index contributed by atoms with van der Waals surface area (Å²) in [5.41, 5.74) is 5.26. The average molecular weight is 397 g/mol. The van der Waals surface area contributed by atoms with Crippen molar-refractivity contribution in [2.24, 2.45) is 0 Å². The van der Waals surface area contributed by atoms with Crippen molar-refractivity contribution in [2.45, 2.75) is 26.8 Å². The fraction of sp³-hybridized carbons (Fsp3) is 0.429. The molecule has 5 heteroatoms. The summed E-state index contributed by atoms with van der Waals surface area (Å²) in [5.74, 6) is 1.00. The van der Waals surface area contributed by atoms with E-state index in [1.54, 1.807) is 0 Å². The van der Waals surface area contributed by atoms with Gasteiger partial charge in [-0.15, -0.1) is 24.8 Å². The second kappa shape index (κ2) is 11.5. The Morgan fingerprint density at radius 1 is 0.923 bits per heavy atom. The molecule has 0 aliphatic carbocycles. The molecule has 3 rings (SSSR count). The Bertz CT molecular complexity index is 656. The molecule has 0 atom stereocenters. The average Bonchev–Trinajstić information content (AvgIpc) is 2.61. The maximum atomic E-state index is 5.96. The summed E-state index contributed by atoms with van der Waals surface area (Å²) >= 11 is 0. The van der Waals surface area contributed by atoms with E-state index in [4.69, 9.17) is 4.74 Å². The second-order valence-electron chi connectivity index (χ2n) is 6.64. The third-order valence-corrected chi connectivity index (χ3v) is 4.84. The number of ether oxygens (including phenoxy) is 1. The van der Waals surface area contributed by atoms with Crippen LogP contribution in [0, 0.1) is 13.8 Å². The molecule has 0 spiro atoms. The number of hydrogen-bond acceptors (Lipinski definition) is 3. The Balaban J connectivity index is 0.00000169. The van der Waals surface area contributed by atoms with Gasteiger partial charge in [0, 0.05) is 39.1 Å². The number of rotatable bonds is 6. The Hall–Kier alpha value is -1.26. The van der Waals surface area contributed by atoms with E-state index in [-0.39, 0.29) is 24.8 Å². The van der Waals surface area contributed by atoms with Crippen molar-refractivity contribution in [3.8, 4) is 5.75 Å². The third kappa shape index (κ3) is 6.48. The first-order chi connectivity index (χ1) is 11.7. The fourth-order valence-corrected chi connectivity index (χ4v) is 3.10. The molecular formula is C21H30Cl2N2O. The molecule has 26 heavy (non-hydrogen) atoms. The van der Waals surface area contributed by atoms with Crippen LogP contribution in [-0.2, 0) is 13.0 Å². The quantitative estimate of drug-likeness (QED) is 0.792. The molecule has 1 aliphatic rings. The SMILES string of the molecule is Cc1cccc(OCCc2ccc(CN3CCNCC3)cc2)c1C.Cl.Cl. The zero-order valence-corrected chi connectivity index (χ0v) is 17.3. The molecule has 0 unspecified atom stereocenters. The Labute approximate surface area is 169 Å². The van der Waals surface area contributed by atoms with E-state index in [1.165, 1.54) is 22.3 Å². The monoisotopic (exact) mass is 396 g/mol. The molecule has 1 aliphatic heterocycles. The smallest absolute Gasteiger partial charge is 0.122 e. The summed E-state index contributed by atoms with van der Waals surface area (Å²) in [5, 5.41) is 3.40. The van der Waals surface area contributed by atoms with Crippen molar-refractivity contribution in [2.75, 3.05) is 32.8 Å². The van der Waals surface area contributed by atoms with Crippen LogP contribution in [0.25, 0.3) is 0 Å². The summed E-state index contributed by atoms with van der Waals surface area (Å²) < 4.78 is 5.96. The fourth-order valence-electron chi connectivity index (χ4n) is 3.10. The zero-order valence-electron chi connectivity index (χ0n) is 15.7. The van der Waals surface area contributed by atoms with Gasteiger partial charge >= 0.3 is 0 Å². The molecule has 0 bridgehead atoms. The highest BCUT2D eigenvalue weighted by Crippen LogP contribution is 2.20. The van der Waals surface area contributed by atoms with Crippen molar-refractivity contribution in [1.29, 1.82) is 0 Å². The molecule has 0 amide bonds.